The molecule has 0 aromatic heterocycles. The van der Waals surface area contributed by atoms with E-state index in [4.69, 9.17) is 5.11 Å². The Bertz CT molecular complexity index is 769. The molecule has 0 heterocycles. The first-order valence-corrected chi connectivity index (χ1v) is 12.6. The number of carboxylic acid groups (broad SMARTS) is 1. The quantitative estimate of drug-likeness (QED) is 0.249. The maximum Gasteiger partial charge on any atom is 0.303 e. The summed E-state index contributed by atoms with van der Waals surface area (Å²) >= 11 is 0. The summed E-state index contributed by atoms with van der Waals surface area (Å²) in [5.41, 5.74) is 0. The summed E-state index contributed by atoms with van der Waals surface area (Å²) < 4.78 is 32.6. The maximum absolute atomic E-state index is 13.8. The molecule has 1 fully saturated rings. The molecule has 0 aromatic carbocycles. The van der Waals surface area contributed by atoms with Crippen molar-refractivity contribution in [2.24, 2.45) is 17.0 Å². The number of nitrogens with two attached hydrogens (primary N) is 1. The van der Waals surface area contributed by atoms with Crippen LogP contribution in [0.2, 0.25) is 0 Å². The number of aliphatic carboxylic acids is 1. The molecule has 1 saturated carbocycles. The monoisotopic (exact) mass is 477 g/mol. The van der Waals surface area contributed by atoms with Gasteiger partial charge in [0.25, 0.3) is 0 Å². The molecule has 184 valence electrons. The van der Waals surface area contributed by atoms with Crippen molar-refractivity contribution < 1.29 is 37.7 Å². The molecule has 0 aliphatic heterocycles. The van der Waals surface area contributed by atoms with Gasteiger partial charge in [0.2, 0.25) is 10.0 Å². The van der Waals surface area contributed by atoms with Crippen LogP contribution in [0.3, 0.4) is 0 Å². The second-order valence-electron chi connectivity index (χ2n) is 7.81. The molecule has 5 N–H and O–H groups in total. The number of carbonyl (C=O) groups excluding carboxylic acids is 1. The molecule has 0 spiro atoms. The van der Waals surface area contributed by atoms with Crippen molar-refractivity contribution in [3.05, 3.63) is 36.2 Å². The number of allylic oxidation sites excluding steroid dienone is 3. The Morgan fingerprint density at radius 3 is 2.47 bits per heavy atom. The third kappa shape index (κ3) is 15.0. The number of halogens is 1. The first-order valence-electron chi connectivity index (χ1n) is 10.6. The number of carbonyl (C=O) groups is 2. The average molecular weight is 478 g/mol. The highest BCUT2D eigenvalue weighted by Gasteiger charge is 2.39. The molecule has 1 aliphatic rings. The number of carboxylic acids is 1. The zero-order chi connectivity index (χ0) is 24.7. The van der Waals surface area contributed by atoms with Gasteiger partial charge in [0, 0.05) is 24.7 Å². The summed E-state index contributed by atoms with van der Waals surface area (Å²) in [5, 5.41) is 32.9. The number of aliphatic hydroxyl groups is 2. The Hall–Kier alpha value is -1.88. The molecule has 0 amide bonds. The molecule has 8 nitrogen and oxygen atoms in total. The zero-order valence-electron chi connectivity index (χ0n) is 18.7. The summed E-state index contributed by atoms with van der Waals surface area (Å²) in [6, 6.07) is 0. The summed E-state index contributed by atoms with van der Waals surface area (Å²) in [7, 11) is -3.17. The van der Waals surface area contributed by atoms with Crippen LogP contribution in [0, 0.1) is 11.8 Å². The standard InChI is InChI=1S/C21H31FO5.CH5NO2S/c1-2-3-6-10-17(22)18(23)13-12-16-15(19(24)14-20(16)25)9-7-4-5-8-11-21(26)27;1-5(2,3)4/h4,7,10,12-13,15-16,18,20,23,25H,2-3,5-6,8-9,11,14H2,1H3,(H,26,27);1H3,(H2,2,3,4)/b7-4-,13-12+,17-10-;/t15-,16-,18-,20-;/m1./s1. The van der Waals surface area contributed by atoms with Gasteiger partial charge in [-0.15, -0.1) is 0 Å². The second-order valence-corrected chi connectivity index (χ2v) is 9.46. The lowest BCUT2D eigenvalue weighted by Crippen LogP contribution is -2.19. The number of unbranched alkanes of at least 4 members (excludes halogenated alkanes) is 3. The third-order valence-corrected chi connectivity index (χ3v) is 4.75. The van der Waals surface area contributed by atoms with Crippen LogP contribution < -0.4 is 5.14 Å². The summed E-state index contributed by atoms with van der Waals surface area (Å²) in [6.07, 6.45) is 10.7. The van der Waals surface area contributed by atoms with Crippen molar-refractivity contribution in [1.29, 1.82) is 0 Å². The first kappa shape index (κ1) is 30.1. The van der Waals surface area contributed by atoms with Crippen molar-refractivity contribution >= 4 is 21.8 Å². The molecule has 0 bridgehead atoms. The predicted molar refractivity (Wildman–Crippen MR) is 121 cm³/mol. The number of rotatable bonds is 12. The number of ketones is 1. The normalized spacial score (nSPS) is 22.9. The lowest BCUT2D eigenvalue weighted by Gasteiger charge is -2.16. The largest absolute Gasteiger partial charge is 0.481 e. The highest BCUT2D eigenvalue weighted by molar-refractivity contribution is 7.88. The molecule has 1 rings (SSSR count). The van der Waals surface area contributed by atoms with Crippen LogP contribution in [-0.4, -0.2) is 54.0 Å². The van der Waals surface area contributed by atoms with Crippen LogP contribution in [0.15, 0.2) is 36.2 Å². The van der Waals surface area contributed by atoms with E-state index in [-0.39, 0.29) is 18.6 Å². The third-order valence-electron chi connectivity index (χ3n) is 4.75. The molecule has 4 atom stereocenters. The number of sulfonamides is 1. The minimum absolute atomic E-state index is 0.0530. The SMILES string of the molecule is CCCC/C=C(\F)[C@H](O)/C=C/[C@H]1[C@H](O)CC(=O)[C@@H]1C/C=C\CCCC(=O)O.CS(N)(=O)=O. The Morgan fingerprint density at radius 1 is 1.28 bits per heavy atom. The fraction of sp³-hybridized carbons (Fsp3) is 0.636. The van der Waals surface area contributed by atoms with E-state index in [1.807, 2.05) is 19.1 Å². The van der Waals surface area contributed by atoms with Gasteiger partial charge in [0.1, 0.15) is 17.7 Å². The lowest BCUT2D eigenvalue weighted by molar-refractivity contribution is -0.137. The van der Waals surface area contributed by atoms with Crippen molar-refractivity contribution in [3.63, 3.8) is 0 Å². The Morgan fingerprint density at radius 2 is 1.91 bits per heavy atom. The Labute approximate surface area is 189 Å². The molecule has 10 heteroatoms. The molecule has 0 radical (unpaired) electrons. The van der Waals surface area contributed by atoms with Crippen molar-refractivity contribution in [2.75, 3.05) is 6.26 Å². The van der Waals surface area contributed by atoms with Gasteiger partial charge in [0.15, 0.2) is 0 Å². The van der Waals surface area contributed by atoms with E-state index in [1.54, 1.807) is 0 Å². The smallest absolute Gasteiger partial charge is 0.303 e. The second kappa shape index (κ2) is 15.8. The van der Waals surface area contributed by atoms with E-state index < -0.39 is 45.9 Å². The lowest BCUT2D eigenvalue weighted by atomic mass is 9.90. The fourth-order valence-corrected chi connectivity index (χ4v) is 3.15. The van der Waals surface area contributed by atoms with Gasteiger partial charge in [-0.05, 0) is 38.2 Å². The van der Waals surface area contributed by atoms with Gasteiger partial charge in [-0.3, -0.25) is 9.59 Å². The van der Waals surface area contributed by atoms with E-state index >= 15 is 0 Å². The number of hydrogen-bond acceptors (Lipinski definition) is 6. The van der Waals surface area contributed by atoms with E-state index in [0.29, 0.717) is 25.7 Å². The van der Waals surface area contributed by atoms with Crippen LogP contribution in [0.1, 0.15) is 58.3 Å². The number of hydrogen-bond donors (Lipinski definition) is 4. The predicted octanol–water partition coefficient (Wildman–Crippen LogP) is 2.62. The summed E-state index contributed by atoms with van der Waals surface area (Å²) in [4.78, 5) is 22.6. The van der Waals surface area contributed by atoms with Gasteiger partial charge in [-0.25, -0.2) is 17.9 Å². The van der Waals surface area contributed by atoms with Crippen LogP contribution in [0.25, 0.3) is 0 Å². The summed E-state index contributed by atoms with van der Waals surface area (Å²) in [5.74, 6) is -2.38. The Balaban J connectivity index is 0.00000172. The molecule has 0 unspecified atom stereocenters. The van der Waals surface area contributed by atoms with Gasteiger partial charge in [0.05, 0.1) is 12.4 Å². The average Bonchev–Trinajstić information content (AvgIpc) is 2.93. The van der Waals surface area contributed by atoms with E-state index in [1.165, 1.54) is 18.2 Å². The van der Waals surface area contributed by atoms with Gasteiger partial charge >= 0.3 is 5.97 Å². The van der Waals surface area contributed by atoms with Crippen molar-refractivity contribution in [1.82, 2.24) is 0 Å². The summed E-state index contributed by atoms with van der Waals surface area (Å²) in [6.45, 7) is 2.00. The zero-order valence-corrected chi connectivity index (χ0v) is 19.5. The minimum Gasteiger partial charge on any atom is -0.481 e. The maximum atomic E-state index is 13.8. The van der Waals surface area contributed by atoms with Crippen LogP contribution >= 0.6 is 0 Å². The highest BCUT2D eigenvalue weighted by Crippen LogP contribution is 2.33. The molecular formula is C22H36FNO7S. The molecule has 1 aliphatic carbocycles. The van der Waals surface area contributed by atoms with E-state index in [9.17, 15) is 32.6 Å². The number of aliphatic hydroxyl groups excluding tert-OH is 2. The van der Waals surface area contributed by atoms with Crippen LogP contribution in [-0.2, 0) is 19.6 Å². The van der Waals surface area contributed by atoms with E-state index in [2.05, 4.69) is 5.14 Å². The van der Waals surface area contributed by atoms with Gasteiger partial charge < -0.3 is 15.3 Å². The Kier molecular flexibility index (Phi) is 14.9. The topological polar surface area (TPSA) is 155 Å². The van der Waals surface area contributed by atoms with Crippen LogP contribution in [0.4, 0.5) is 4.39 Å². The molecule has 0 aromatic rings. The molecular weight excluding hydrogens is 441 g/mol. The van der Waals surface area contributed by atoms with Gasteiger partial charge in [-0.1, -0.05) is 37.6 Å². The van der Waals surface area contributed by atoms with Crippen molar-refractivity contribution in [3.8, 4) is 0 Å². The van der Waals surface area contributed by atoms with Crippen LogP contribution in [0.5, 0.6) is 0 Å². The molecule has 32 heavy (non-hydrogen) atoms. The minimum atomic E-state index is -3.17. The highest BCUT2D eigenvalue weighted by atomic mass is 32.2. The van der Waals surface area contributed by atoms with Crippen molar-refractivity contribution in [2.45, 2.75) is 70.5 Å². The molecule has 0 saturated heterocycles. The number of Topliss-reactive ketones (excluding diaryl/α,β-unsaturated/α-hetero) is 1. The van der Waals surface area contributed by atoms with Gasteiger partial charge in [-0.2, -0.15) is 0 Å². The first-order chi connectivity index (χ1) is 14.9. The fourth-order valence-electron chi connectivity index (χ4n) is 3.15. The number of primary sulfonamides is 1. The van der Waals surface area contributed by atoms with E-state index in [0.717, 1.165) is 19.1 Å².